The van der Waals surface area contributed by atoms with Crippen LogP contribution in [0.3, 0.4) is 0 Å². The average molecular weight is 343 g/mol. The van der Waals surface area contributed by atoms with Crippen LogP contribution in [0.4, 0.5) is 32.0 Å². The van der Waals surface area contributed by atoms with Crippen molar-refractivity contribution in [1.82, 2.24) is 0 Å². The molecule has 1 amide bonds. The number of hydrogen-bond acceptors (Lipinski definition) is 2. The summed E-state index contributed by atoms with van der Waals surface area (Å²) in [5.74, 6) is -6.28. The van der Waals surface area contributed by atoms with Crippen LogP contribution in [-0.2, 0) is 4.79 Å². The summed E-state index contributed by atoms with van der Waals surface area (Å²) in [6.07, 6.45) is -10.0. The van der Waals surface area contributed by atoms with Crippen molar-refractivity contribution in [3.8, 4) is 5.75 Å². The zero-order valence-electron chi connectivity index (χ0n) is 12.1. The van der Waals surface area contributed by atoms with E-state index >= 15 is 0 Å². The molecule has 130 valence electrons. The van der Waals surface area contributed by atoms with Gasteiger partial charge in [0.25, 0.3) is 0 Å². The maximum Gasteiger partial charge on any atom is 0.409 e. The average Bonchev–Trinajstić information content (AvgIpc) is 2.37. The van der Waals surface area contributed by atoms with Crippen molar-refractivity contribution in [3.63, 3.8) is 0 Å². The molecule has 1 N–H and O–H groups in total. The standard InChI is InChI=1S/C14H15F6NO2/c1-2-3-8-23-10-7-5-4-6-9(10)21-12(22)11(13(15,16)17)14(18,19)20/h4-7,11H,2-3,8H2,1H3,(H,21,22). The van der Waals surface area contributed by atoms with Crippen LogP contribution in [0.1, 0.15) is 19.8 Å². The Morgan fingerprint density at radius 3 is 2.22 bits per heavy atom. The number of unbranched alkanes of at least 4 members (excludes halogenated alkanes) is 1. The van der Waals surface area contributed by atoms with Crippen molar-refractivity contribution in [2.24, 2.45) is 5.92 Å². The van der Waals surface area contributed by atoms with E-state index in [0.29, 0.717) is 6.42 Å². The highest BCUT2D eigenvalue weighted by Gasteiger charge is 2.61. The van der Waals surface area contributed by atoms with Crippen LogP contribution < -0.4 is 10.1 Å². The summed E-state index contributed by atoms with van der Waals surface area (Å²) in [6, 6.07) is 5.37. The number of anilines is 1. The van der Waals surface area contributed by atoms with E-state index in [4.69, 9.17) is 4.74 Å². The van der Waals surface area contributed by atoms with Gasteiger partial charge < -0.3 is 10.1 Å². The van der Waals surface area contributed by atoms with Gasteiger partial charge >= 0.3 is 12.4 Å². The van der Waals surface area contributed by atoms with Gasteiger partial charge in [0.15, 0.2) is 0 Å². The van der Waals surface area contributed by atoms with E-state index < -0.39 is 24.2 Å². The Balaban J connectivity index is 2.95. The monoisotopic (exact) mass is 343 g/mol. The Morgan fingerprint density at radius 2 is 1.70 bits per heavy atom. The molecule has 0 aliphatic heterocycles. The van der Waals surface area contributed by atoms with Crippen molar-refractivity contribution in [3.05, 3.63) is 24.3 Å². The number of para-hydroxylation sites is 2. The Labute approximate surface area is 128 Å². The molecule has 0 atom stereocenters. The third-order valence-corrected chi connectivity index (χ3v) is 2.82. The Hall–Kier alpha value is -1.93. The van der Waals surface area contributed by atoms with Gasteiger partial charge in [0, 0.05) is 0 Å². The van der Waals surface area contributed by atoms with E-state index in [1.54, 1.807) is 5.32 Å². The minimum atomic E-state index is -5.74. The van der Waals surface area contributed by atoms with Crippen LogP contribution in [-0.4, -0.2) is 24.9 Å². The lowest BCUT2D eigenvalue weighted by molar-refractivity contribution is -0.272. The molecule has 0 unspecified atom stereocenters. The highest BCUT2D eigenvalue weighted by atomic mass is 19.4. The number of alkyl halides is 6. The number of carbonyl (C=O) groups excluding carboxylic acids is 1. The van der Waals surface area contributed by atoms with Crippen molar-refractivity contribution >= 4 is 11.6 Å². The van der Waals surface area contributed by atoms with Gasteiger partial charge in [-0.05, 0) is 18.6 Å². The molecule has 0 aromatic heterocycles. The first-order valence-corrected chi connectivity index (χ1v) is 6.73. The molecule has 23 heavy (non-hydrogen) atoms. The molecule has 0 bridgehead atoms. The number of carbonyl (C=O) groups is 1. The van der Waals surface area contributed by atoms with Crippen molar-refractivity contribution in [2.45, 2.75) is 32.1 Å². The number of rotatable bonds is 6. The highest BCUT2D eigenvalue weighted by molar-refractivity contribution is 5.94. The summed E-state index contributed by atoms with van der Waals surface area (Å²) in [7, 11) is 0. The molecule has 9 heteroatoms. The molecule has 0 aliphatic rings. The minimum Gasteiger partial charge on any atom is -0.491 e. The number of hydrogen-bond donors (Lipinski definition) is 1. The largest absolute Gasteiger partial charge is 0.491 e. The van der Waals surface area contributed by atoms with Gasteiger partial charge in [0.1, 0.15) is 5.75 Å². The van der Waals surface area contributed by atoms with Gasteiger partial charge in [-0.25, -0.2) is 0 Å². The van der Waals surface area contributed by atoms with Crippen molar-refractivity contribution < 1.29 is 35.9 Å². The molecule has 0 aliphatic carbocycles. The van der Waals surface area contributed by atoms with Crippen LogP contribution in [0.25, 0.3) is 0 Å². The predicted octanol–water partition coefficient (Wildman–Crippen LogP) is 4.54. The minimum absolute atomic E-state index is 0.0115. The summed E-state index contributed by atoms with van der Waals surface area (Å²) < 4.78 is 80.3. The summed E-state index contributed by atoms with van der Waals surface area (Å²) in [4.78, 5) is 11.5. The summed E-state index contributed by atoms with van der Waals surface area (Å²) in [5.41, 5.74) is -0.243. The molecule has 1 aromatic carbocycles. The molecule has 0 radical (unpaired) electrons. The fraction of sp³-hybridized carbons (Fsp3) is 0.500. The van der Waals surface area contributed by atoms with E-state index in [1.807, 2.05) is 6.92 Å². The second-order valence-electron chi connectivity index (χ2n) is 4.70. The zero-order chi connectivity index (χ0) is 17.7. The van der Waals surface area contributed by atoms with Gasteiger partial charge in [0.05, 0.1) is 12.3 Å². The SMILES string of the molecule is CCCCOc1ccccc1NC(=O)C(C(F)(F)F)C(F)(F)F. The molecular formula is C14H15F6NO2. The van der Waals surface area contributed by atoms with E-state index in [-0.39, 0.29) is 18.0 Å². The predicted molar refractivity (Wildman–Crippen MR) is 71.1 cm³/mol. The Bertz CT molecular complexity index is 513. The highest BCUT2D eigenvalue weighted by Crippen LogP contribution is 2.40. The molecule has 0 saturated heterocycles. The third-order valence-electron chi connectivity index (χ3n) is 2.82. The van der Waals surface area contributed by atoms with Gasteiger partial charge in [-0.3, -0.25) is 4.79 Å². The number of amides is 1. The molecule has 1 rings (SSSR count). The van der Waals surface area contributed by atoms with Gasteiger partial charge in [0.2, 0.25) is 11.8 Å². The molecular weight excluding hydrogens is 328 g/mol. The topological polar surface area (TPSA) is 38.3 Å². The van der Waals surface area contributed by atoms with Gasteiger partial charge in [-0.15, -0.1) is 0 Å². The number of halogens is 6. The van der Waals surface area contributed by atoms with E-state index in [2.05, 4.69) is 0 Å². The molecule has 1 aromatic rings. The second kappa shape index (κ2) is 7.56. The number of benzene rings is 1. The van der Waals surface area contributed by atoms with Crippen LogP contribution in [0.2, 0.25) is 0 Å². The Kier molecular flexibility index (Phi) is 6.28. The van der Waals surface area contributed by atoms with Crippen molar-refractivity contribution in [1.29, 1.82) is 0 Å². The van der Waals surface area contributed by atoms with Crippen LogP contribution in [0.15, 0.2) is 24.3 Å². The van der Waals surface area contributed by atoms with E-state index in [1.165, 1.54) is 24.3 Å². The normalized spacial score (nSPS) is 12.3. The molecule has 0 spiro atoms. The molecule has 0 saturated carbocycles. The first-order valence-electron chi connectivity index (χ1n) is 6.73. The lowest BCUT2D eigenvalue weighted by Crippen LogP contribution is -2.45. The van der Waals surface area contributed by atoms with E-state index in [0.717, 1.165) is 6.42 Å². The fourth-order valence-corrected chi connectivity index (χ4v) is 1.71. The van der Waals surface area contributed by atoms with Crippen LogP contribution >= 0.6 is 0 Å². The fourth-order valence-electron chi connectivity index (χ4n) is 1.71. The van der Waals surface area contributed by atoms with Crippen molar-refractivity contribution in [2.75, 3.05) is 11.9 Å². The summed E-state index contributed by atoms with van der Waals surface area (Å²) in [6.45, 7) is 2.11. The summed E-state index contributed by atoms with van der Waals surface area (Å²) >= 11 is 0. The first kappa shape index (κ1) is 19.1. The van der Waals surface area contributed by atoms with E-state index in [9.17, 15) is 31.1 Å². The second-order valence-corrected chi connectivity index (χ2v) is 4.70. The first-order chi connectivity index (χ1) is 10.6. The summed E-state index contributed by atoms with van der Waals surface area (Å²) in [5, 5.41) is 1.65. The lowest BCUT2D eigenvalue weighted by atomic mass is 10.1. The number of nitrogens with one attached hydrogen (secondary N) is 1. The Morgan fingerprint density at radius 1 is 1.13 bits per heavy atom. The third kappa shape index (κ3) is 5.65. The quantitative estimate of drug-likeness (QED) is 0.608. The maximum absolute atomic E-state index is 12.5. The molecule has 0 fully saturated rings. The maximum atomic E-state index is 12.5. The van der Waals surface area contributed by atoms with Crippen LogP contribution in [0, 0.1) is 5.92 Å². The smallest absolute Gasteiger partial charge is 0.409 e. The molecule has 0 heterocycles. The zero-order valence-corrected chi connectivity index (χ0v) is 12.1. The molecule has 3 nitrogen and oxygen atoms in total. The van der Waals surface area contributed by atoms with Crippen LogP contribution in [0.5, 0.6) is 5.75 Å². The lowest BCUT2D eigenvalue weighted by Gasteiger charge is -2.22. The number of ether oxygens (including phenoxy) is 1. The van der Waals surface area contributed by atoms with Gasteiger partial charge in [-0.1, -0.05) is 25.5 Å². The van der Waals surface area contributed by atoms with Gasteiger partial charge in [-0.2, -0.15) is 26.3 Å².